The molecule has 33 heavy (non-hydrogen) atoms. The Hall–Kier alpha value is -1.84. The van der Waals surface area contributed by atoms with Crippen LogP contribution in [0, 0.1) is 29.5 Å². The Morgan fingerprint density at radius 1 is 1.27 bits per heavy atom. The standard InChI is InChI=1S/C24H34FN3O4S/c1-16(31-2)20-12-26-24(27-13-20)28-8-6-18(7-9-28)21-11-19(21)15-32-14-17-4-5-23(22(25)10-17)33(3,29)30/h4-5,10,12,16,18-21H,6-9,11,13-15H2,1-3H3/t16?,19-,20?,21+/m0/s1. The minimum Gasteiger partial charge on any atom is -0.381 e. The maximum Gasteiger partial charge on any atom is 0.220 e. The SMILES string of the molecule is COC(C)C1C=NC(N2CCC([C@H]3C[C@H]3COCc3ccc(S(C)(=O)=O)c(F)c3)CC2)=NC1. The van der Waals surface area contributed by atoms with Crippen molar-refractivity contribution in [3.05, 3.63) is 29.6 Å². The summed E-state index contributed by atoms with van der Waals surface area (Å²) in [6.07, 6.45) is 6.59. The molecule has 1 saturated heterocycles. The molecule has 0 radical (unpaired) electrons. The number of aliphatic imine (C=N–C) groups is 2. The fourth-order valence-electron chi connectivity index (χ4n) is 4.89. The number of nitrogens with zero attached hydrogens (tertiary/aromatic N) is 3. The third kappa shape index (κ3) is 6.00. The Morgan fingerprint density at radius 2 is 2.03 bits per heavy atom. The van der Waals surface area contributed by atoms with E-state index in [1.54, 1.807) is 13.2 Å². The van der Waals surface area contributed by atoms with E-state index in [4.69, 9.17) is 9.47 Å². The predicted molar refractivity (Wildman–Crippen MR) is 126 cm³/mol. The van der Waals surface area contributed by atoms with Crippen LogP contribution in [0.2, 0.25) is 0 Å². The molecule has 1 aromatic carbocycles. The molecule has 1 aliphatic carbocycles. The van der Waals surface area contributed by atoms with Crippen molar-refractivity contribution in [1.82, 2.24) is 4.90 Å². The van der Waals surface area contributed by atoms with Crippen LogP contribution in [-0.4, -0.2) is 71.2 Å². The van der Waals surface area contributed by atoms with Gasteiger partial charge in [-0.05, 0) is 61.6 Å². The maximum absolute atomic E-state index is 14.0. The van der Waals surface area contributed by atoms with E-state index >= 15 is 0 Å². The molecule has 0 aromatic heterocycles. The summed E-state index contributed by atoms with van der Waals surface area (Å²) in [5.74, 6) is 2.35. The van der Waals surface area contributed by atoms with Crippen LogP contribution in [0.1, 0.15) is 31.7 Å². The van der Waals surface area contributed by atoms with Gasteiger partial charge in [0.2, 0.25) is 5.96 Å². The fraction of sp³-hybridized carbons (Fsp3) is 0.667. The number of hydrogen-bond acceptors (Lipinski definition) is 7. The normalized spacial score (nSPS) is 26.8. The molecule has 2 heterocycles. The Labute approximate surface area is 196 Å². The molecule has 4 rings (SSSR count). The molecule has 2 fully saturated rings. The number of guanidine groups is 1. The number of rotatable bonds is 8. The van der Waals surface area contributed by atoms with Gasteiger partial charge >= 0.3 is 0 Å². The van der Waals surface area contributed by atoms with Crippen LogP contribution < -0.4 is 0 Å². The number of methoxy groups -OCH3 is 1. The second kappa shape index (κ2) is 10.2. The van der Waals surface area contributed by atoms with Crippen LogP contribution in [0.3, 0.4) is 0 Å². The van der Waals surface area contributed by atoms with Crippen LogP contribution in [0.4, 0.5) is 4.39 Å². The Kier molecular flexibility index (Phi) is 7.50. The molecule has 9 heteroatoms. The number of sulfone groups is 1. The van der Waals surface area contributed by atoms with Crippen molar-refractivity contribution < 1.29 is 22.3 Å². The molecule has 2 unspecified atom stereocenters. The van der Waals surface area contributed by atoms with Gasteiger partial charge in [0.25, 0.3) is 0 Å². The molecule has 0 N–H and O–H groups in total. The first kappa shape index (κ1) is 24.3. The molecule has 7 nitrogen and oxygen atoms in total. The first-order valence-electron chi connectivity index (χ1n) is 11.7. The smallest absolute Gasteiger partial charge is 0.220 e. The Bertz CT molecular complexity index is 1000. The molecule has 2 aliphatic heterocycles. The molecule has 0 bridgehead atoms. The molecule has 0 amide bonds. The summed E-state index contributed by atoms with van der Waals surface area (Å²) in [5.41, 5.74) is 0.654. The zero-order valence-corrected chi connectivity index (χ0v) is 20.4. The molecule has 0 spiro atoms. The molecule has 3 aliphatic rings. The first-order chi connectivity index (χ1) is 15.8. The van der Waals surface area contributed by atoms with E-state index in [-0.39, 0.29) is 16.9 Å². The van der Waals surface area contributed by atoms with E-state index in [1.807, 2.05) is 13.1 Å². The molecular formula is C24H34FN3O4S. The van der Waals surface area contributed by atoms with E-state index < -0.39 is 15.7 Å². The van der Waals surface area contributed by atoms with Crippen LogP contribution in [0.15, 0.2) is 33.1 Å². The lowest BCUT2D eigenvalue weighted by molar-refractivity contribution is 0.0935. The topological polar surface area (TPSA) is 80.6 Å². The van der Waals surface area contributed by atoms with Crippen LogP contribution >= 0.6 is 0 Å². The van der Waals surface area contributed by atoms with Gasteiger partial charge in [0.1, 0.15) is 10.7 Å². The predicted octanol–water partition coefficient (Wildman–Crippen LogP) is 3.19. The number of hydrogen-bond donors (Lipinski definition) is 0. The van der Waals surface area contributed by atoms with Gasteiger partial charge < -0.3 is 14.4 Å². The lowest BCUT2D eigenvalue weighted by Crippen LogP contribution is -2.40. The summed E-state index contributed by atoms with van der Waals surface area (Å²) in [5, 5.41) is 0. The van der Waals surface area contributed by atoms with Crippen molar-refractivity contribution in [1.29, 1.82) is 0 Å². The fourth-order valence-corrected chi connectivity index (χ4v) is 5.62. The van der Waals surface area contributed by atoms with Crippen molar-refractivity contribution in [3.63, 3.8) is 0 Å². The van der Waals surface area contributed by atoms with Crippen LogP contribution in [0.25, 0.3) is 0 Å². The monoisotopic (exact) mass is 479 g/mol. The second-order valence-electron chi connectivity index (χ2n) is 9.56. The van der Waals surface area contributed by atoms with Gasteiger partial charge in [0, 0.05) is 38.6 Å². The van der Waals surface area contributed by atoms with Gasteiger partial charge in [0.05, 0.1) is 25.9 Å². The van der Waals surface area contributed by atoms with E-state index in [0.29, 0.717) is 36.5 Å². The number of ether oxygens (including phenoxy) is 2. The number of halogens is 1. The van der Waals surface area contributed by atoms with Crippen molar-refractivity contribution in [2.45, 2.75) is 43.8 Å². The summed E-state index contributed by atoms with van der Waals surface area (Å²) in [7, 11) is -1.83. The largest absolute Gasteiger partial charge is 0.381 e. The highest BCUT2D eigenvalue weighted by molar-refractivity contribution is 7.90. The van der Waals surface area contributed by atoms with Gasteiger partial charge in [-0.15, -0.1) is 0 Å². The lowest BCUT2D eigenvalue weighted by atomic mass is 9.91. The van der Waals surface area contributed by atoms with E-state index in [0.717, 1.165) is 44.7 Å². The Balaban J connectivity index is 1.17. The molecule has 1 aromatic rings. The summed E-state index contributed by atoms with van der Waals surface area (Å²) in [4.78, 5) is 11.3. The average Bonchev–Trinajstić information content (AvgIpc) is 3.57. The van der Waals surface area contributed by atoms with Crippen molar-refractivity contribution >= 4 is 22.0 Å². The third-order valence-electron chi connectivity index (χ3n) is 7.20. The number of benzene rings is 1. The highest BCUT2D eigenvalue weighted by Gasteiger charge is 2.43. The van der Waals surface area contributed by atoms with Gasteiger partial charge in [-0.2, -0.15) is 0 Å². The lowest BCUT2D eigenvalue weighted by Gasteiger charge is -2.34. The van der Waals surface area contributed by atoms with Crippen molar-refractivity contribution in [3.8, 4) is 0 Å². The zero-order valence-electron chi connectivity index (χ0n) is 19.6. The molecule has 4 atom stereocenters. The highest BCUT2D eigenvalue weighted by atomic mass is 32.2. The minimum absolute atomic E-state index is 0.129. The summed E-state index contributed by atoms with van der Waals surface area (Å²) >= 11 is 0. The zero-order chi connectivity index (χ0) is 23.6. The number of piperidine rings is 1. The average molecular weight is 480 g/mol. The van der Waals surface area contributed by atoms with Crippen molar-refractivity contribution in [2.75, 3.05) is 39.6 Å². The third-order valence-corrected chi connectivity index (χ3v) is 8.33. The van der Waals surface area contributed by atoms with E-state index in [2.05, 4.69) is 14.9 Å². The molecular weight excluding hydrogens is 445 g/mol. The van der Waals surface area contributed by atoms with Crippen LogP contribution in [-0.2, 0) is 25.9 Å². The summed E-state index contributed by atoms with van der Waals surface area (Å²) in [6, 6.07) is 4.19. The minimum atomic E-state index is -3.55. The summed E-state index contributed by atoms with van der Waals surface area (Å²) < 4.78 is 48.3. The summed E-state index contributed by atoms with van der Waals surface area (Å²) in [6.45, 7) is 5.71. The maximum atomic E-state index is 14.0. The first-order valence-corrected chi connectivity index (χ1v) is 13.6. The quantitative estimate of drug-likeness (QED) is 0.572. The van der Waals surface area contributed by atoms with Gasteiger partial charge in [-0.1, -0.05) is 6.07 Å². The van der Waals surface area contributed by atoms with Gasteiger partial charge in [-0.3, -0.25) is 4.99 Å². The molecule has 1 saturated carbocycles. The highest BCUT2D eigenvalue weighted by Crippen LogP contribution is 2.48. The molecule has 182 valence electrons. The van der Waals surface area contributed by atoms with E-state index in [9.17, 15) is 12.8 Å². The van der Waals surface area contributed by atoms with Crippen molar-refractivity contribution in [2.24, 2.45) is 33.7 Å². The van der Waals surface area contributed by atoms with E-state index in [1.165, 1.54) is 18.6 Å². The van der Waals surface area contributed by atoms with Gasteiger partial charge in [0.15, 0.2) is 9.84 Å². The number of likely N-dealkylation sites (tertiary alicyclic amines) is 1. The second-order valence-corrected chi connectivity index (χ2v) is 11.5. The van der Waals surface area contributed by atoms with Crippen LogP contribution in [0.5, 0.6) is 0 Å². The van der Waals surface area contributed by atoms with Gasteiger partial charge in [-0.25, -0.2) is 17.8 Å². The Morgan fingerprint density at radius 3 is 2.64 bits per heavy atom.